The Morgan fingerprint density at radius 1 is 1.33 bits per heavy atom. The lowest BCUT2D eigenvalue weighted by Gasteiger charge is -2.06. The van der Waals surface area contributed by atoms with Crippen molar-refractivity contribution in [3.8, 4) is 5.69 Å². The van der Waals surface area contributed by atoms with Crippen LogP contribution in [0.15, 0.2) is 36.4 Å². The molecule has 0 radical (unpaired) electrons. The third kappa shape index (κ3) is 3.61. The number of hydrogen-bond donors (Lipinski definition) is 2. The van der Waals surface area contributed by atoms with Crippen LogP contribution in [-0.4, -0.2) is 37.5 Å². The minimum absolute atomic E-state index is 0.0782. The molecule has 8 nitrogen and oxygen atoms in total. The lowest BCUT2D eigenvalue weighted by Crippen LogP contribution is -2.17. The molecule has 3 aromatic rings. The van der Waals surface area contributed by atoms with Crippen molar-refractivity contribution in [2.75, 3.05) is 11.9 Å². The first-order valence-corrected chi connectivity index (χ1v) is 9.12. The second-order valence-corrected chi connectivity index (χ2v) is 6.86. The van der Waals surface area contributed by atoms with E-state index in [1.54, 1.807) is 10.7 Å². The number of hydrogen-bond acceptors (Lipinski definition) is 5. The highest BCUT2D eigenvalue weighted by Crippen LogP contribution is 2.26. The number of nitrogens with one attached hydrogen (secondary N) is 2. The topological polar surface area (TPSA) is 97.7 Å². The fraction of sp³-hybridized carbons (Fsp3) is 0.368. The molecule has 0 bridgehead atoms. The highest BCUT2D eigenvalue weighted by atomic mass is 16.5. The number of aromatic nitrogens is 5. The van der Waals surface area contributed by atoms with Crippen molar-refractivity contribution >= 4 is 11.9 Å². The number of ether oxygens (including phenoxy) is 1. The molecule has 27 heavy (non-hydrogen) atoms. The van der Waals surface area contributed by atoms with Gasteiger partial charge in [-0.2, -0.15) is 10.1 Å². The molecule has 3 heterocycles. The van der Waals surface area contributed by atoms with Crippen molar-refractivity contribution in [3.63, 3.8) is 0 Å². The molecular formula is C19H22N6O2. The molecule has 0 saturated carbocycles. The second-order valence-electron chi connectivity index (χ2n) is 6.86. The average Bonchev–Trinajstić information content (AvgIpc) is 3.42. The number of benzene rings is 1. The van der Waals surface area contributed by atoms with Crippen LogP contribution in [0, 0.1) is 0 Å². The summed E-state index contributed by atoms with van der Waals surface area (Å²) in [7, 11) is 0. The molecule has 1 amide bonds. The number of carbonyl (C=O) groups excluding carboxylic acids is 1. The molecule has 0 unspecified atom stereocenters. The fourth-order valence-corrected chi connectivity index (χ4v) is 3.04. The van der Waals surface area contributed by atoms with Gasteiger partial charge in [-0.15, -0.1) is 5.10 Å². The number of amides is 1. The van der Waals surface area contributed by atoms with Gasteiger partial charge in [0.05, 0.1) is 11.4 Å². The molecule has 2 N–H and O–H groups in total. The number of aromatic amines is 1. The molecule has 1 aliphatic rings. The minimum atomic E-state index is -0.309. The van der Waals surface area contributed by atoms with Gasteiger partial charge >= 0.3 is 0 Å². The summed E-state index contributed by atoms with van der Waals surface area (Å²) in [5.41, 5.74) is 2.11. The predicted octanol–water partition coefficient (Wildman–Crippen LogP) is 3.22. The first-order chi connectivity index (χ1) is 13.1. The number of rotatable bonds is 5. The summed E-state index contributed by atoms with van der Waals surface area (Å²) in [4.78, 5) is 17.2. The van der Waals surface area contributed by atoms with E-state index < -0.39 is 0 Å². The Bertz CT molecular complexity index is 925. The maximum Gasteiger partial charge on any atom is 0.276 e. The molecule has 1 aromatic carbocycles. The second kappa shape index (κ2) is 7.32. The van der Waals surface area contributed by atoms with Gasteiger partial charge in [-0.1, -0.05) is 32.0 Å². The van der Waals surface area contributed by atoms with Gasteiger partial charge in [0.25, 0.3) is 5.91 Å². The Kier molecular flexibility index (Phi) is 4.72. The number of carbonyl (C=O) groups is 1. The molecule has 1 fully saturated rings. The predicted molar refractivity (Wildman–Crippen MR) is 99.9 cm³/mol. The summed E-state index contributed by atoms with van der Waals surface area (Å²) in [6, 6.07) is 11.4. The molecule has 1 atom stereocenters. The molecule has 8 heteroatoms. The number of anilines is 1. The molecule has 0 spiro atoms. The van der Waals surface area contributed by atoms with Crippen LogP contribution in [0.5, 0.6) is 0 Å². The third-order valence-corrected chi connectivity index (χ3v) is 4.52. The fourth-order valence-electron chi connectivity index (χ4n) is 3.04. The summed E-state index contributed by atoms with van der Waals surface area (Å²) in [6.45, 7) is 4.81. The lowest BCUT2D eigenvalue weighted by atomic mass is 10.1. The smallest absolute Gasteiger partial charge is 0.276 e. The van der Waals surface area contributed by atoms with Gasteiger partial charge in [-0.05, 0) is 37.0 Å². The van der Waals surface area contributed by atoms with Crippen molar-refractivity contribution in [2.24, 2.45) is 0 Å². The monoisotopic (exact) mass is 366 g/mol. The van der Waals surface area contributed by atoms with Crippen LogP contribution in [0.2, 0.25) is 0 Å². The Morgan fingerprint density at radius 3 is 2.85 bits per heavy atom. The number of H-pyrrole nitrogens is 1. The van der Waals surface area contributed by atoms with Gasteiger partial charge in [-0.25, -0.2) is 4.68 Å². The molecular weight excluding hydrogens is 344 g/mol. The van der Waals surface area contributed by atoms with E-state index in [-0.39, 0.29) is 23.9 Å². The number of para-hydroxylation sites is 1. The standard InChI is InChI=1S/C19H22N6O2/c1-12(2)14-11-15(25(24-14)13-7-4-3-5-8-13)18(26)21-19-20-17(22-23-19)16-9-6-10-27-16/h3-5,7-8,11-12,16H,6,9-10H2,1-2H3,(H2,20,21,22,23,26)/t16-/m0/s1. The summed E-state index contributed by atoms with van der Waals surface area (Å²) in [5, 5.41) is 14.3. The summed E-state index contributed by atoms with van der Waals surface area (Å²) in [5.74, 6) is 0.770. The van der Waals surface area contributed by atoms with E-state index in [1.165, 1.54) is 0 Å². The molecule has 1 saturated heterocycles. The van der Waals surface area contributed by atoms with Gasteiger partial charge < -0.3 is 4.74 Å². The molecule has 4 rings (SSSR count). The lowest BCUT2D eigenvalue weighted by molar-refractivity contribution is 0.101. The molecule has 140 valence electrons. The maximum atomic E-state index is 12.9. The van der Waals surface area contributed by atoms with Crippen molar-refractivity contribution in [1.82, 2.24) is 25.0 Å². The van der Waals surface area contributed by atoms with Gasteiger partial charge in [0.2, 0.25) is 5.95 Å². The Balaban J connectivity index is 1.59. The number of nitrogens with zero attached hydrogens (tertiary/aromatic N) is 4. The van der Waals surface area contributed by atoms with E-state index in [4.69, 9.17) is 4.74 Å². The van der Waals surface area contributed by atoms with E-state index in [0.717, 1.165) is 30.8 Å². The SMILES string of the molecule is CC(C)c1cc(C(=O)Nc2n[nH]c([C@@H]3CCCO3)n2)n(-c2ccccc2)n1. The first kappa shape index (κ1) is 17.4. The van der Waals surface area contributed by atoms with Crippen LogP contribution in [0.1, 0.15) is 60.7 Å². The van der Waals surface area contributed by atoms with Gasteiger partial charge in [-0.3, -0.25) is 15.2 Å². The van der Waals surface area contributed by atoms with Crippen LogP contribution in [-0.2, 0) is 4.74 Å². The highest BCUT2D eigenvalue weighted by molar-refractivity contribution is 6.02. The van der Waals surface area contributed by atoms with Crippen LogP contribution in [0.25, 0.3) is 5.69 Å². The van der Waals surface area contributed by atoms with Gasteiger partial charge in [0, 0.05) is 6.61 Å². The maximum absolute atomic E-state index is 12.9. The summed E-state index contributed by atoms with van der Waals surface area (Å²) >= 11 is 0. The highest BCUT2D eigenvalue weighted by Gasteiger charge is 2.23. The minimum Gasteiger partial charge on any atom is -0.370 e. The van der Waals surface area contributed by atoms with Crippen LogP contribution in [0.3, 0.4) is 0 Å². The summed E-state index contributed by atoms with van der Waals surface area (Å²) < 4.78 is 7.24. The molecule has 2 aromatic heterocycles. The molecule has 0 aliphatic carbocycles. The zero-order valence-electron chi connectivity index (χ0n) is 15.3. The van der Waals surface area contributed by atoms with E-state index in [9.17, 15) is 4.79 Å². The average molecular weight is 366 g/mol. The van der Waals surface area contributed by atoms with Crippen LogP contribution in [0.4, 0.5) is 5.95 Å². The van der Waals surface area contributed by atoms with Crippen molar-refractivity contribution in [1.29, 1.82) is 0 Å². The van der Waals surface area contributed by atoms with E-state index in [1.807, 2.05) is 44.2 Å². The van der Waals surface area contributed by atoms with Crippen LogP contribution < -0.4 is 5.32 Å². The van der Waals surface area contributed by atoms with Gasteiger partial charge in [0.1, 0.15) is 11.8 Å². The molecule has 1 aliphatic heterocycles. The van der Waals surface area contributed by atoms with E-state index in [2.05, 4.69) is 25.6 Å². The van der Waals surface area contributed by atoms with Crippen LogP contribution >= 0.6 is 0 Å². The van der Waals surface area contributed by atoms with Gasteiger partial charge in [0.15, 0.2) is 5.82 Å². The third-order valence-electron chi connectivity index (χ3n) is 4.52. The van der Waals surface area contributed by atoms with E-state index >= 15 is 0 Å². The van der Waals surface area contributed by atoms with Crippen molar-refractivity contribution < 1.29 is 9.53 Å². The zero-order valence-corrected chi connectivity index (χ0v) is 15.3. The Labute approximate surface area is 157 Å². The van der Waals surface area contributed by atoms with E-state index in [0.29, 0.717) is 11.5 Å². The normalized spacial score (nSPS) is 16.8. The summed E-state index contributed by atoms with van der Waals surface area (Å²) in [6.07, 6.45) is 1.83. The largest absolute Gasteiger partial charge is 0.370 e. The van der Waals surface area contributed by atoms with Crippen molar-refractivity contribution in [3.05, 3.63) is 53.6 Å². The Morgan fingerprint density at radius 2 is 2.15 bits per heavy atom. The first-order valence-electron chi connectivity index (χ1n) is 9.12. The quantitative estimate of drug-likeness (QED) is 0.722. The van der Waals surface area contributed by atoms with Crippen molar-refractivity contribution in [2.45, 2.75) is 38.7 Å². The zero-order chi connectivity index (χ0) is 18.8. The Hall–Kier alpha value is -3.00.